The van der Waals surface area contributed by atoms with Crippen LogP contribution in [0.5, 0.6) is 0 Å². The number of aromatic amines is 1. The maximum atomic E-state index is 12.0. The number of aromatic nitrogens is 3. The zero-order valence-corrected chi connectivity index (χ0v) is 11.3. The number of hydrogen-bond acceptors (Lipinski definition) is 6. The molecule has 0 aliphatic heterocycles. The smallest absolute Gasteiger partial charge is 0.280 e. The van der Waals surface area contributed by atoms with Crippen molar-refractivity contribution in [2.24, 2.45) is 0 Å². The molecule has 8 heteroatoms. The van der Waals surface area contributed by atoms with Gasteiger partial charge in [-0.05, 0) is 6.42 Å². The van der Waals surface area contributed by atoms with Crippen molar-refractivity contribution in [2.45, 2.75) is 20.3 Å². The first-order valence-electron chi connectivity index (χ1n) is 5.63. The van der Waals surface area contributed by atoms with Gasteiger partial charge in [-0.25, -0.2) is 4.98 Å². The summed E-state index contributed by atoms with van der Waals surface area (Å²) in [6.07, 6.45) is 0.665. The Labute approximate surface area is 113 Å². The van der Waals surface area contributed by atoms with Crippen LogP contribution in [0.4, 0.5) is 10.8 Å². The van der Waals surface area contributed by atoms with Gasteiger partial charge in [-0.15, -0.1) is 11.3 Å². The van der Waals surface area contributed by atoms with Gasteiger partial charge in [0.1, 0.15) is 5.69 Å². The van der Waals surface area contributed by atoms with Crippen LogP contribution >= 0.6 is 11.3 Å². The van der Waals surface area contributed by atoms with Crippen LogP contribution in [-0.4, -0.2) is 26.9 Å². The lowest BCUT2D eigenvalue weighted by atomic mass is 10.2. The number of H-pyrrole nitrogens is 1. The maximum absolute atomic E-state index is 12.0. The van der Waals surface area contributed by atoms with E-state index in [-0.39, 0.29) is 11.5 Å². The van der Waals surface area contributed by atoms with Gasteiger partial charge in [-0.3, -0.25) is 20.0 Å². The van der Waals surface area contributed by atoms with E-state index in [0.29, 0.717) is 28.6 Å². The molecule has 1 amide bonds. The minimum atomic E-state index is -0.446. The van der Waals surface area contributed by atoms with Gasteiger partial charge in [0, 0.05) is 12.3 Å². The molecule has 7 nitrogen and oxygen atoms in total. The Morgan fingerprint density at radius 2 is 2.26 bits per heavy atom. The summed E-state index contributed by atoms with van der Waals surface area (Å²) in [5.41, 5.74) is 7.31. The number of nitrogens with zero attached hydrogens (tertiary/aromatic N) is 2. The number of nitrogens with one attached hydrogen (secondary N) is 2. The predicted molar refractivity (Wildman–Crippen MR) is 72.4 cm³/mol. The van der Waals surface area contributed by atoms with Crippen LogP contribution in [0.1, 0.15) is 40.5 Å². The fraction of sp³-hybridized carbons (Fsp3) is 0.273. The van der Waals surface area contributed by atoms with E-state index in [0.717, 1.165) is 0 Å². The van der Waals surface area contributed by atoms with Crippen LogP contribution < -0.4 is 11.1 Å². The van der Waals surface area contributed by atoms with Crippen molar-refractivity contribution in [1.29, 1.82) is 0 Å². The van der Waals surface area contributed by atoms with Crippen molar-refractivity contribution in [2.75, 3.05) is 11.1 Å². The average molecular weight is 279 g/mol. The van der Waals surface area contributed by atoms with Crippen molar-refractivity contribution in [3.63, 3.8) is 0 Å². The largest absolute Gasteiger partial charge is 0.395 e. The first-order valence-corrected chi connectivity index (χ1v) is 6.51. The van der Waals surface area contributed by atoms with Gasteiger partial charge in [-0.2, -0.15) is 5.10 Å². The zero-order chi connectivity index (χ0) is 14.0. The maximum Gasteiger partial charge on any atom is 0.280 e. The van der Waals surface area contributed by atoms with Gasteiger partial charge < -0.3 is 5.73 Å². The number of aryl methyl sites for hydroxylation is 1. The first-order chi connectivity index (χ1) is 9.02. The molecule has 2 aromatic rings. The second-order valence-electron chi connectivity index (χ2n) is 3.87. The summed E-state index contributed by atoms with van der Waals surface area (Å²) in [5, 5.41) is 11.1. The van der Waals surface area contributed by atoms with E-state index in [4.69, 9.17) is 5.73 Å². The van der Waals surface area contributed by atoms with Gasteiger partial charge in [0.05, 0.1) is 11.4 Å². The standard InChI is InChI=1S/C11H13N5O2S/c1-3-6-8(12)9(16-15-6)10(18)14-11-13-7(4-19-11)5(2)17/h4H,3,12H2,1-2H3,(H,15,16)(H,13,14,18). The molecule has 0 atom stereocenters. The van der Waals surface area contributed by atoms with Crippen LogP contribution in [-0.2, 0) is 6.42 Å². The summed E-state index contributed by atoms with van der Waals surface area (Å²) in [4.78, 5) is 27.0. The molecule has 2 heterocycles. The van der Waals surface area contributed by atoms with Crippen LogP contribution in [0.25, 0.3) is 0 Å². The molecule has 100 valence electrons. The molecule has 0 aromatic carbocycles. The summed E-state index contributed by atoms with van der Waals surface area (Å²) >= 11 is 1.18. The summed E-state index contributed by atoms with van der Waals surface area (Å²) < 4.78 is 0. The van der Waals surface area contributed by atoms with Crippen molar-refractivity contribution >= 4 is 33.8 Å². The topological polar surface area (TPSA) is 114 Å². The first kappa shape index (κ1) is 13.2. The highest BCUT2D eigenvalue weighted by atomic mass is 32.1. The summed E-state index contributed by atoms with van der Waals surface area (Å²) in [7, 11) is 0. The Kier molecular flexibility index (Phi) is 3.61. The second-order valence-corrected chi connectivity index (χ2v) is 4.72. The third kappa shape index (κ3) is 2.63. The van der Waals surface area contributed by atoms with Gasteiger partial charge >= 0.3 is 0 Å². The fourth-order valence-corrected chi connectivity index (χ4v) is 2.22. The number of nitrogens with two attached hydrogens (primary N) is 1. The molecule has 0 fully saturated rings. The summed E-state index contributed by atoms with van der Waals surface area (Å²) in [6.45, 7) is 3.32. The lowest BCUT2D eigenvalue weighted by Gasteiger charge is -1.99. The van der Waals surface area contributed by atoms with E-state index in [9.17, 15) is 9.59 Å². The highest BCUT2D eigenvalue weighted by Crippen LogP contribution is 2.19. The van der Waals surface area contributed by atoms with Crippen LogP contribution in [0.15, 0.2) is 5.38 Å². The average Bonchev–Trinajstić information content (AvgIpc) is 2.95. The third-order valence-electron chi connectivity index (χ3n) is 2.54. The molecule has 2 rings (SSSR count). The molecule has 0 bridgehead atoms. The van der Waals surface area contributed by atoms with Crippen LogP contribution in [0.3, 0.4) is 0 Å². The molecular weight excluding hydrogens is 266 g/mol. The molecule has 0 saturated heterocycles. The van der Waals surface area contributed by atoms with Crippen LogP contribution in [0, 0.1) is 0 Å². The van der Waals surface area contributed by atoms with Crippen LogP contribution in [0.2, 0.25) is 0 Å². The lowest BCUT2D eigenvalue weighted by molar-refractivity contribution is 0.100. The minimum absolute atomic E-state index is 0.136. The number of thiazole rings is 1. The SMILES string of the molecule is CCc1[nH]nc(C(=O)Nc2nc(C(C)=O)cs2)c1N. The second kappa shape index (κ2) is 5.19. The Hall–Kier alpha value is -2.22. The predicted octanol–water partition coefficient (Wildman–Crippen LogP) is 1.47. The quantitative estimate of drug-likeness (QED) is 0.733. The molecule has 0 unspecified atom stereocenters. The number of nitrogen functional groups attached to an aromatic ring is 1. The Morgan fingerprint density at radius 3 is 2.79 bits per heavy atom. The third-order valence-corrected chi connectivity index (χ3v) is 3.29. The van der Waals surface area contributed by atoms with Crippen molar-refractivity contribution < 1.29 is 9.59 Å². The molecule has 19 heavy (non-hydrogen) atoms. The Morgan fingerprint density at radius 1 is 1.53 bits per heavy atom. The number of hydrogen-bond donors (Lipinski definition) is 3. The Bertz CT molecular complexity index is 631. The normalized spacial score (nSPS) is 10.4. The number of carbonyl (C=O) groups is 2. The number of amides is 1. The van der Waals surface area contributed by atoms with E-state index >= 15 is 0 Å². The van der Waals surface area contributed by atoms with E-state index in [2.05, 4.69) is 20.5 Å². The number of Topliss-reactive ketones (excluding diaryl/α,β-unsaturated/α-hetero) is 1. The Balaban J connectivity index is 2.16. The summed E-state index contributed by atoms with van der Waals surface area (Å²) in [5.74, 6) is -0.595. The number of carbonyl (C=O) groups excluding carboxylic acids is 2. The molecule has 0 radical (unpaired) electrons. The number of ketones is 1. The number of anilines is 2. The molecular formula is C11H13N5O2S. The van der Waals surface area contributed by atoms with Crippen molar-refractivity contribution in [3.8, 4) is 0 Å². The molecule has 4 N–H and O–H groups in total. The van der Waals surface area contributed by atoms with E-state index in [1.54, 1.807) is 5.38 Å². The molecule has 0 aliphatic rings. The highest BCUT2D eigenvalue weighted by Gasteiger charge is 2.18. The fourth-order valence-electron chi connectivity index (χ4n) is 1.48. The van der Waals surface area contributed by atoms with Gasteiger partial charge in [0.2, 0.25) is 0 Å². The lowest BCUT2D eigenvalue weighted by Crippen LogP contribution is -2.14. The summed E-state index contributed by atoms with van der Waals surface area (Å²) in [6, 6.07) is 0. The van der Waals surface area contributed by atoms with Gasteiger partial charge in [-0.1, -0.05) is 6.92 Å². The highest BCUT2D eigenvalue weighted by molar-refractivity contribution is 7.14. The van der Waals surface area contributed by atoms with Crippen molar-refractivity contribution in [1.82, 2.24) is 15.2 Å². The van der Waals surface area contributed by atoms with E-state index in [1.165, 1.54) is 18.3 Å². The van der Waals surface area contributed by atoms with E-state index < -0.39 is 5.91 Å². The molecule has 0 spiro atoms. The monoisotopic (exact) mass is 279 g/mol. The molecule has 0 saturated carbocycles. The zero-order valence-electron chi connectivity index (χ0n) is 10.5. The molecule has 2 aromatic heterocycles. The van der Waals surface area contributed by atoms with Crippen molar-refractivity contribution in [3.05, 3.63) is 22.5 Å². The van der Waals surface area contributed by atoms with Gasteiger partial charge in [0.25, 0.3) is 5.91 Å². The number of rotatable bonds is 4. The minimum Gasteiger partial charge on any atom is -0.395 e. The van der Waals surface area contributed by atoms with Gasteiger partial charge in [0.15, 0.2) is 16.6 Å². The van der Waals surface area contributed by atoms with E-state index in [1.807, 2.05) is 6.92 Å². The molecule has 0 aliphatic carbocycles.